The molecule has 0 spiro atoms. The summed E-state index contributed by atoms with van der Waals surface area (Å²) < 4.78 is 60.1. The van der Waals surface area contributed by atoms with Crippen LogP contribution < -0.4 is 0 Å². The fraction of sp³-hybridized carbons (Fsp3) is 0.222. The van der Waals surface area contributed by atoms with Crippen LogP contribution in [0.1, 0.15) is 5.56 Å². The van der Waals surface area contributed by atoms with Gasteiger partial charge >= 0.3 is 12.1 Å². The highest BCUT2D eigenvalue weighted by molar-refractivity contribution is 5.26. The first-order valence-corrected chi connectivity index (χ1v) is 3.68. The average Bonchev–Trinajstić information content (AvgIpc) is 2.03. The van der Waals surface area contributed by atoms with Crippen molar-refractivity contribution in [2.24, 2.45) is 0 Å². The highest BCUT2D eigenvalue weighted by atomic mass is 19.4. The van der Waals surface area contributed by atoms with Gasteiger partial charge in [0.25, 0.3) is 0 Å². The molecule has 0 aromatic heterocycles. The van der Waals surface area contributed by atoms with Gasteiger partial charge in [-0.2, -0.15) is 22.0 Å². The minimum Gasteiger partial charge on any atom is -0.196 e. The van der Waals surface area contributed by atoms with Crippen molar-refractivity contribution >= 4 is 0 Å². The second-order valence-electron chi connectivity index (χ2n) is 2.68. The van der Waals surface area contributed by atoms with Gasteiger partial charge in [0, 0.05) is 0 Å². The Morgan fingerprint density at radius 1 is 0.857 bits per heavy atom. The van der Waals surface area contributed by atoms with Crippen molar-refractivity contribution in [2.45, 2.75) is 12.1 Å². The largest absolute Gasteiger partial charge is 0.453 e. The van der Waals surface area contributed by atoms with E-state index in [1.807, 2.05) is 0 Å². The zero-order chi connectivity index (χ0) is 10.8. The molecule has 0 aliphatic heterocycles. The predicted molar refractivity (Wildman–Crippen MR) is 40.8 cm³/mol. The highest BCUT2D eigenvalue weighted by Crippen LogP contribution is 2.39. The molecule has 0 unspecified atom stereocenters. The van der Waals surface area contributed by atoms with Crippen LogP contribution in [0, 0.1) is 6.42 Å². The Hall–Kier alpha value is -1.13. The lowest BCUT2D eigenvalue weighted by molar-refractivity contribution is -0.265. The average molecular weight is 209 g/mol. The maximum Gasteiger partial charge on any atom is 0.453 e. The van der Waals surface area contributed by atoms with Crippen molar-refractivity contribution in [3.8, 4) is 0 Å². The standard InChI is InChI=1S/C9H6F5/c10-8(11,9(12,13)14)6-7-4-2-1-3-5-7/h1-6H. The molecule has 0 aliphatic carbocycles. The van der Waals surface area contributed by atoms with Crippen LogP contribution in [-0.4, -0.2) is 12.1 Å². The minimum atomic E-state index is -5.54. The van der Waals surface area contributed by atoms with E-state index in [4.69, 9.17) is 0 Å². The summed E-state index contributed by atoms with van der Waals surface area (Å²) in [5.74, 6) is -4.78. The van der Waals surface area contributed by atoms with Crippen molar-refractivity contribution in [1.29, 1.82) is 0 Å². The molecule has 0 aliphatic rings. The Morgan fingerprint density at radius 2 is 1.36 bits per heavy atom. The molecule has 14 heavy (non-hydrogen) atoms. The Bertz CT molecular complexity index is 288. The summed E-state index contributed by atoms with van der Waals surface area (Å²) in [6.07, 6.45) is -5.64. The van der Waals surface area contributed by atoms with E-state index in [-0.39, 0.29) is 12.0 Å². The van der Waals surface area contributed by atoms with Gasteiger partial charge in [-0.15, -0.1) is 0 Å². The van der Waals surface area contributed by atoms with E-state index in [0.29, 0.717) is 0 Å². The van der Waals surface area contributed by atoms with E-state index in [9.17, 15) is 22.0 Å². The monoisotopic (exact) mass is 209 g/mol. The lowest BCUT2D eigenvalue weighted by atomic mass is 10.1. The van der Waals surface area contributed by atoms with Crippen molar-refractivity contribution in [3.63, 3.8) is 0 Å². The third kappa shape index (κ3) is 2.43. The lowest BCUT2D eigenvalue weighted by Crippen LogP contribution is -2.36. The van der Waals surface area contributed by atoms with E-state index < -0.39 is 12.1 Å². The number of alkyl halides is 5. The van der Waals surface area contributed by atoms with Gasteiger partial charge in [-0.25, -0.2) is 0 Å². The first-order valence-electron chi connectivity index (χ1n) is 3.68. The van der Waals surface area contributed by atoms with Gasteiger partial charge < -0.3 is 0 Å². The van der Waals surface area contributed by atoms with Gasteiger partial charge in [-0.3, -0.25) is 0 Å². The molecule has 0 atom stereocenters. The SMILES string of the molecule is FC(F)(F)C(F)(F)[CH]c1ccccc1. The van der Waals surface area contributed by atoms with Crippen molar-refractivity contribution < 1.29 is 22.0 Å². The van der Waals surface area contributed by atoms with Crippen LogP contribution in [-0.2, 0) is 0 Å². The third-order valence-electron chi connectivity index (χ3n) is 1.53. The fourth-order valence-electron chi connectivity index (χ4n) is 0.840. The molecular formula is C9H6F5. The molecule has 0 fully saturated rings. The molecule has 5 heteroatoms. The Labute approximate surface area is 77.4 Å². The summed E-state index contributed by atoms with van der Waals surface area (Å²) in [5.41, 5.74) is -0.158. The topological polar surface area (TPSA) is 0 Å². The number of rotatable bonds is 2. The second kappa shape index (κ2) is 3.55. The predicted octanol–water partition coefficient (Wildman–Crippen LogP) is 3.44. The fourth-order valence-corrected chi connectivity index (χ4v) is 0.840. The Balaban J connectivity index is 2.79. The van der Waals surface area contributed by atoms with Crippen LogP contribution >= 0.6 is 0 Å². The molecule has 0 heterocycles. The van der Waals surface area contributed by atoms with Crippen LogP contribution in [0.5, 0.6) is 0 Å². The molecule has 0 N–H and O–H groups in total. The number of hydrogen-bond acceptors (Lipinski definition) is 0. The molecule has 0 saturated carbocycles. The van der Waals surface area contributed by atoms with E-state index in [1.165, 1.54) is 30.3 Å². The molecule has 1 aromatic rings. The molecule has 0 saturated heterocycles. The third-order valence-corrected chi connectivity index (χ3v) is 1.53. The quantitative estimate of drug-likeness (QED) is 0.654. The molecule has 1 radical (unpaired) electrons. The summed E-state index contributed by atoms with van der Waals surface area (Å²) in [7, 11) is 0. The molecule has 0 amide bonds. The van der Waals surface area contributed by atoms with E-state index in [0.717, 1.165) is 0 Å². The molecule has 0 bridgehead atoms. The minimum absolute atomic E-state index is 0.104. The van der Waals surface area contributed by atoms with Gasteiger partial charge in [0.2, 0.25) is 0 Å². The van der Waals surface area contributed by atoms with Gasteiger partial charge in [-0.05, 0) is 5.56 Å². The van der Waals surface area contributed by atoms with E-state index >= 15 is 0 Å². The number of benzene rings is 1. The first kappa shape index (κ1) is 10.9. The zero-order valence-corrected chi connectivity index (χ0v) is 6.85. The Kier molecular flexibility index (Phi) is 2.78. The van der Waals surface area contributed by atoms with E-state index in [1.54, 1.807) is 0 Å². The highest BCUT2D eigenvalue weighted by Gasteiger charge is 2.57. The van der Waals surface area contributed by atoms with Gasteiger partial charge in [0.1, 0.15) is 0 Å². The number of halogens is 5. The maximum absolute atomic E-state index is 12.4. The summed E-state index contributed by atoms with van der Waals surface area (Å²) in [4.78, 5) is 0. The maximum atomic E-state index is 12.4. The molecule has 77 valence electrons. The van der Waals surface area contributed by atoms with Crippen molar-refractivity contribution in [3.05, 3.63) is 42.3 Å². The molecule has 0 nitrogen and oxygen atoms in total. The molecule has 1 aromatic carbocycles. The van der Waals surface area contributed by atoms with Crippen LogP contribution in [0.25, 0.3) is 0 Å². The van der Waals surface area contributed by atoms with Gasteiger partial charge in [0.15, 0.2) is 0 Å². The number of hydrogen-bond donors (Lipinski definition) is 0. The van der Waals surface area contributed by atoms with E-state index in [2.05, 4.69) is 0 Å². The lowest BCUT2D eigenvalue weighted by Gasteiger charge is -2.18. The molecular weight excluding hydrogens is 203 g/mol. The summed E-state index contributed by atoms with van der Waals surface area (Å²) >= 11 is 0. The van der Waals surface area contributed by atoms with Gasteiger partial charge in [-0.1, -0.05) is 30.3 Å². The van der Waals surface area contributed by atoms with Crippen LogP contribution in [0.3, 0.4) is 0 Å². The first-order chi connectivity index (χ1) is 6.33. The smallest absolute Gasteiger partial charge is 0.196 e. The zero-order valence-electron chi connectivity index (χ0n) is 6.85. The normalized spacial score (nSPS) is 12.9. The Morgan fingerprint density at radius 3 is 1.79 bits per heavy atom. The van der Waals surface area contributed by atoms with Crippen LogP contribution in [0.2, 0.25) is 0 Å². The summed E-state index contributed by atoms with van der Waals surface area (Å²) in [5, 5.41) is 0. The van der Waals surface area contributed by atoms with Crippen molar-refractivity contribution in [1.82, 2.24) is 0 Å². The molecule has 1 rings (SSSR count). The van der Waals surface area contributed by atoms with Crippen molar-refractivity contribution in [2.75, 3.05) is 0 Å². The van der Waals surface area contributed by atoms with Crippen LogP contribution in [0.15, 0.2) is 30.3 Å². The second-order valence-corrected chi connectivity index (χ2v) is 2.68. The summed E-state index contributed by atoms with van der Waals surface area (Å²) in [6, 6.07) is 6.67. The van der Waals surface area contributed by atoms with Crippen LogP contribution in [0.4, 0.5) is 22.0 Å². The summed E-state index contributed by atoms with van der Waals surface area (Å²) in [6.45, 7) is 0. The van der Waals surface area contributed by atoms with Gasteiger partial charge in [0.05, 0.1) is 6.42 Å².